The van der Waals surface area contributed by atoms with Crippen LogP contribution in [0.25, 0.3) is 0 Å². The summed E-state index contributed by atoms with van der Waals surface area (Å²) < 4.78 is 0. The SMILES string of the molecule is C=CCC1CC2CC(=O)CC[C@]2(C)[C@@H]2CC[C@]3(C)C(O)CC[C@H]3[C@H]12. The molecule has 4 aliphatic carbocycles. The molecule has 0 radical (unpaired) electrons. The molecule has 2 nitrogen and oxygen atoms in total. The summed E-state index contributed by atoms with van der Waals surface area (Å²) in [4.78, 5) is 12.1. The maximum Gasteiger partial charge on any atom is 0.133 e. The van der Waals surface area contributed by atoms with Gasteiger partial charge in [0.15, 0.2) is 0 Å². The Morgan fingerprint density at radius 2 is 1.92 bits per heavy atom. The average Bonchev–Trinajstić information content (AvgIpc) is 2.85. The Morgan fingerprint density at radius 1 is 1.17 bits per heavy atom. The highest BCUT2D eigenvalue weighted by Crippen LogP contribution is 2.67. The van der Waals surface area contributed by atoms with Gasteiger partial charge in [0.25, 0.3) is 0 Å². The molecule has 0 amide bonds. The number of aliphatic hydroxyl groups is 1. The number of carbonyl (C=O) groups is 1. The van der Waals surface area contributed by atoms with Gasteiger partial charge in [0, 0.05) is 12.8 Å². The van der Waals surface area contributed by atoms with Gasteiger partial charge in [-0.3, -0.25) is 4.79 Å². The molecule has 24 heavy (non-hydrogen) atoms. The summed E-state index contributed by atoms with van der Waals surface area (Å²) in [6.07, 6.45) is 11.6. The number of rotatable bonds is 2. The first kappa shape index (κ1) is 16.8. The second kappa shape index (κ2) is 5.69. The number of aliphatic hydroxyl groups excluding tert-OH is 1. The van der Waals surface area contributed by atoms with E-state index < -0.39 is 0 Å². The van der Waals surface area contributed by atoms with Crippen LogP contribution in [0.5, 0.6) is 0 Å². The molecule has 4 fully saturated rings. The number of allylic oxidation sites excluding steroid dienone is 1. The number of fused-ring (bicyclic) bond motifs is 5. The van der Waals surface area contributed by atoms with Crippen LogP contribution in [0, 0.1) is 40.4 Å². The van der Waals surface area contributed by atoms with Gasteiger partial charge in [-0.25, -0.2) is 0 Å². The summed E-state index contributed by atoms with van der Waals surface area (Å²) in [5, 5.41) is 10.7. The van der Waals surface area contributed by atoms with E-state index in [-0.39, 0.29) is 11.5 Å². The minimum absolute atomic E-state index is 0.105. The summed E-state index contributed by atoms with van der Waals surface area (Å²) in [6.45, 7) is 8.89. The van der Waals surface area contributed by atoms with Crippen LogP contribution >= 0.6 is 0 Å². The zero-order valence-electron chi connectivity index (χ0n) is 15.5. The van der Waals surface area contributed by atoms with Crippen LogP contribution < -0.4 is 0 Å². The minimum atomic E-state index is -0.105. The van der Waals surface area contributed by atoms with Crippen molar-refractivity contribution in [1.82, 2.24) is 0 Å². The quantitative estimate of drug-likeness (QED) is 0.741. The van der Waals surface area contributed by atoms with Gasteiger partial charge < -0.3 is 5.11 Å². The van der Waals surface area contributed by atoms with Crippen molar-refractivity contribution in [3.05, 3.63) is 12.7 Å². The highest BCUT2D eigenvalue weighted by molar-refractivity contribution is 5.79. The van der Waals surface area contributed by atoms with Gasteiger partial charge in [-0.15, -0.1) is 6.58 Å². The molecule has 2 heteroatoms. The molecule has 0 bridgehead atoms. The molecular weight excluding hydrogens is 296 g/mol. The number of Topliss-reactive ketones (excluding diaryl/α,β-unsaturated/α-hetero) is 1. The highest BCUT2D eigenvalue weighted by atomic mass is 16.3. The number of ketones is 1. The van der Waals surface area contributed by atoms with Crippen molar-refractivity contribution < 1.29 is 9.90 Å². The first-order chi connectivity index (χ1) is 11.4. The molecule has 0 aromatic carbocycles. The molecule has 4 aliphatic rings. The zero-order chi connectivity index (χ0) is 17.1. The van der Waals surface area contributed by atoms with Crippen molar-refractivity contribution in [2.45, 2.75) is 77.7 Å². The van der Waals surface area contributed by atoms with Crippen molar-refractivity contribution in [3.8, 4) is 0 Å². The monoisotopic (exact) mass is 330 g/mol. The fourth-order valence-corrected chi connectivity index (χ4v) is 7.65. The lowest BCUT2D eigenvalue weighted by atomic mass is 9.42. The predicted octanol–water partition coefficient (Wildman–Crippen LogP) is 4.76. The van der Waals surface area contributed by atoms with Gasteiger partial charge in [-0.1, -0.05) is 19.9 Å². The molecule has 134 valence electrons. The molecule has 4 saturated carbocycles. The van der Waals surface area contributed by atoms with Gasteiger partial charge in [0.05, 0.1) is 6.10 Å². The van der Waals surface area contributed by atoms with E-state index in [9.17, 15) is 9.90 Å². The van der Waals surface area contributed by atoms with Crippen LogP contribution in [-0.2, 0) is 4.79 Å². The summed E-state index contributed by atoms with van der Waals surface area (Å²) in [6, 6.07) is 0. The normalized spacial score (nSPS) is 53.9. The molecule has 3 unspecified atom stereocenters. The van der Waals surface area contributed by atoms with E-state index in [0.717, 1.165) is 43.9 Å². The number of hydrogen-bond donors (Lipinski definition) is 1. The molecule has 0 aliphatic heterocycles. The minimum Gasteiger partial charge on any atom is -0.393 e. The molecule has 0 spiro atoms. The van der Waals surface area contributed by atoms with Gasteiger partial charge >= 0.3 is 0 Å². The van der Waals surface area contributed by atoms with Gasteiger partial charge in [-0.2, -0.15) is 0 Å². The fraction of sp³-hybridized carbons (Fsp3) is 0.864. The van der Waals surface area contributed by atoms with E-state index in [1.807, 2.05) is 0 Å². The largest absolute Gasteiger partial charge is 0.393 e. The third kappa shape index (κ3) is 2.21. The Morgan fingerprint density at radius 3 is 2.67 bits per heavy atom. The molecule has 1 N–H and O–H groups in total. The van der Waals surface area contributed by atoms with E-state index in [2.05, 4.69) is 26.5 Å². The standard InChI is InChI=1S/C22H34O2/c1-4-5-14-12-15-13-16(23)8-10-21(15,2)18-9-11-22(3)17(20(14)18)6-7-19(22)24/h4,14-15,17-20,24H,1,5-13H2,2-3H3/t14?,15?,17-,18+,19?,20-,21-,22-/m0/s1. The van der Waals surface area contributed by atoms with E-state index in [0.29, 0.717) is 29.0 Å². The summed E-state index contributed by atoms with van der Waals surface area (Å²) in [5.74, 6) is 3.90. The maximum atomic E-state index is 12.1. The Hall–Kier alpha value is -0.630. The summed E-state index contributed by atoms with van der Waals surface area (Å²) in [7, 11) is 0. The van der Waals surface area contributed by atoms with Crippen LogP contribution in [0.15, 0.2) is 12.7 Å². The van der Waals surface area contributed by atoms with Crippen molar-refractivity contribution >= 4 is 5.78 Å². The lowest BCUT2D eigenvalue weighted by Gasteiger charge is -2.62. The molecule has 4 rings (SSSR count). The third-order valence-corrected chi connectivity index (χ3v) is 9.08. The maximum absolute atomic E-state index is 12.1. The van der Waals surface area contributed by atoms with E-state index in [1.165, 1.54) is 25.7 Å². The van der Waals surface area contributed by atoms with Crippen LogP contribution in [0.1, 0.15) is 71.6 Å². The van der Waals surface area contributed by atoms with Crippen molar-refractivity contribution in [3.63, 3.8) is 0 Å². The van der Waals surface area contributed by atoms with Gasteiger partial charge in [-0.05, 0) is 85.4 Å². The first-order valence-electron chi connectivity index (χ1n) is 10.2. The van der Waals surface area contributed by atoms with Crippen LogP contribution in [0.2, 0.25) is 0 Å². The van der Waals surface area contributed by atoms with E-state index in [4.69, 9.17) is 0 Å². The second-order valence-corrected chi connectivity index (χ2v) is 9.89. The van der Waals surface area contributed by atoms with E-state index >= 15 is 0 Å². The Kier molecular flexibility index (Phi) is 3.99. The molecular formula is C22H34O2. The zero-order valence-corrected chi connectivity index (χ0v) is 15.5. The summed E-state index contributed by atoms with van der Waals surface area (Å²) in [5.41, 5.74) is 0.486. The molecule has 0 aromatic rings. The lowest BCUT2D eigenvalue weighted by molar-refractivity contribution is -0.154. The van der Waals surface area contributed by atoms with Gasteiger partial charge in [0.2, 0.25) is 0 Å². The van der Waals surface area contributed by atoms with Crippen LogP contribution in [0.3, 0.4) is 0 Å². The Balaban J connectivity index is 1.71. The first-order valence-corrected chi connectivity index (χ1v) is 10.2. The van der Waals surface area contributed by atoms with E-state index in [1.54, 1.807) is 0 Å². The van der Waals surface area contributed by atoms with Crippen molar-refractivity contribution in [2.24, 2.45) is 40.4 Å². The second-order valence-electron chi connectivity index (χ2n) is 9.89. The molecule has 0 heterocycles. The number of carbonyl (C=O) groups excluding carboxylic acids is 1. The average molecular weight is 331 g/mol. The fourth-order valence-electron chi connectivity index (χ4n) is 7.65. The molecule has 0 aromatic heterocycles. The van der Waals surface area contributed by atoms with Crippen molar-refractivity contribution in [2.75, 3.05) is 0 Å². The topological polar surface area (TPSA) is 37.3 Å². The highest BCUT2D eigenvalue weighted by Gasteiger charge is 2.62. The lowest BCUT2D eigenvalue weighted by Crippen LogP contribution is -2.57. The van der Waals surface area contributed by atoms with Crippen molar-refractivity contribution in [1.29, 1.82) is 0 Å². The Bertz CT molecular complexity index is 540. The summed E-state index contributed by atoms with van der Waals surface area (Å²) >= 11 is 0. The third-order valence-electron chi connectivity index (χ3n) is 9.08. The number of hydrogen-bond acceptors (Lipinski definition) is 2. The van der Waals surface area contributed by atoms with Crippen LogP contribution in [0.4, 0.5) is 0 Å². The Labute approximate surface area is 147 Å². The van der Waals surface area contributed by atoms with Crippen LogP contribution in [-0.4, -0.2) is 17.0 Å². The van der Waals surface area contributed by atoms with Gasteiger partial charge in [0.1, 0.15) is 5.78 Å². The smallest absolute Gasteiger partial charge is 0.133 e. The molecule has 0 saturated heterocycles. The molecule has 8 atom stereocenters. The predicted molar refractivity (Wildman–Crippen MR) is 96.4 cm³/mol.